The SMILES string of the molecule is CCc1cccc2c3c([nH]c12)C(CC)(CC(=O)NCc1ccc([Si](C)(C)C)cc1)OCC3. The summed E-state index contributed by atoms with van der Waals surface area (Å²) < 4.78 is 6.33. The number of carbonyl (C=O) groups is 1. The van der Waals surface area contributed by atoms with E-state index in [0.717, 1.165) is 30.5 Å². The summed E-state index contributed by atoms with van der Waals surface area (Å²) in [5.74, 6) is 0.0309. The largest absolute Gasteiger partial charge is 0.368 e. The van der Waals surface area contributed by atoms with Crippen LogP contribution in [0.3, 0.4) is 0 Å². The third-order valence-corrected chi connectivity index (χ3v) is 8.99. The second kappa shape index (κ2) is 8.87. The Morgan fingerprint density at radius 3 is 2.53 bits per heavy atom. The van der Waals surface area contributed by atoms with E-state index in [1.165, 1.54) is 27.2 Å². The van der Waals surface area contributed by atoms with Crippen molar-refractivity contribution in [3.8, 4) is 0 Å². The van der Waals surface area contributed by atoms with Crippen molar-refractivity contribution < 1.29 is 9.53 Å². The van der Waals surface area contributed by atoms with Gasteiger partial charge < -0.3 is 15.0 Å². The summed E-state index contributed by atoms with van der Waals surface area (Å²) in [6.07, 6.45) is 2.95. The first-order valence-corrected chi connectivity index (χ1v) is 15.4. The summed E-state index contributed by atoms with van der Waals surface area (Å²) in [5.41, 5.74) is 5.47. The number of aryl methyl sites for hydroxylation is 1. The maximum atomic E-state index is 13.0. The average Bonchev–Trinajstić information content (AvgIpc) is 3.17. The number of hydrogen-bond donors (Lipinski definition) is 2. The Morgan fingerprint density at radius 2 is 1.88 bits per heavy atom. The van der Waals surface area contributed by atoms with Gasteiger partial charge >= 0.3 is 0 Å². The first-order valence-electron chi connectivity index (χ1n) is 11.9. The molecule has 170 valence electrons. The van der Waals surface area contributed by atoms with Gasteiger partial charge in [-0.1, -0.05) is 81.1 Å². The number of H-pyrrole nitrogens is 1. The molecular weight excluding hydrogens is 412 g/mol. The lowest BCUT2D eigenvalue weighted by Gasteiger charge is -2.36. The number of carbonyl (C=O) groups excluding carboxylic acids is 1. The van der Waals surface area contributed by atoms with Crippen molar-refractivity contribution in [2.75, 3.05) is 6.61 Å². The zero-order valence-corrected chi connectivity index (χ0v) is 21.1. The number of aromatic amines is 1. The minimum absolute atomic E-state index is 0.0309. The molecule has 1 amide bonds. The summed E-state index contributed by atoms with van der Waals surface area (Å²) in [5, 5.41) is 5.85. The van der Waals surface area contributed by atoms with Gasteiger partial charge in [0.05, 0.1) is 26.8 Å². The van der Waals surface area contributed by atoms with Crippen molar-refractivity contribution in [2.24, 2.45) is 0 Å². The van der Waals surface area contributed by atoms with Crippen LogP contribution in [0.2, 0.25) is 19.6 Å². The van der Waals surface area contributed by atoms with E-state index in [1.807, 2.05) is 0 Å². The highest BCUT2D eigenvalue weighted by atomic mass is 28.3. The quantitative estimate of drug-likeness (QED) is 0.491. The third kappa shape index (κ3) is 4.28. The molecule has 2 N–H and O–H groups in total. The first-order chi connectivity index (χ1) is 15.3. The van der Waals surface area contributed by atoms with Crippen molar-refractivity contribution in [3.05, 3.63) is 64.8 Å². The predicted octanol–water partition coefficient (Wildman–Crippen LogP) is 5.16. The highest BCUT2D eigenvalue weighted by Crippen LogP contribution is 2.42. The molecule has 1 aliphatic rings. The Kier molecular flexibility index (Phi) is 6.32. The number of benzene rings is 2. The minimum Gasteiger partial charge on any atom is -0.368 e. The van der Waals surface area contributed by atoms with Gasteiger partial charge in [0.25, 0.3) is 0 Å². The maximum absolute atomic E-state index is 13.0. The molecule has 1 unspecified atom stereocenters. The van der Waals surface area contributed by atoms with Gasteiger partial charge in [-0.2, -0.15) is 0 Å². The Labute approximate surface area is 192 Å². The highest BCUT2D eigenvalue weighted by molar-refractivity contribution is 6.88. The Morgan fingerprint density at radius 1 is 1.12 bits per heavy atom. The van der Waals surface area contributed by atoms with Crippen molar-refractivity contribution in [1.29, 1.82) is 0 Å². The molecule has 0 fully saturated rings. The standard InChI is InChI=1S/C27H36N2O2Si/c1-6-20-9-8-10-22-23-15-16-31-27(7-2,26(23)29-25(20)22)17-24(30)28-18-19-11-13-21(14-12-19)32(3,4)5/h8-14,29H,6-7,15-18H2,1-5H3,(H,28,30). The Balaban J connectivity index is 1.53. The molecule has 32 heavy (non-hydrogen) atoms. The number of fused-ring (bicyclic) bond motifs is 3. The Hall–Kier alpha value is -2.37. The van der Waals surface area contributed by atoms with E-state index in [1.54, 1.807) is 0 Å². The zero-order valence-electron chi connectivity index (χ0n) is 20.1. The molecule has 0 saturated carbocycles. The second-order valence-electron chi connectivity index (χ2n) is 10.0. The average molecular weight is 449 g/mol. The monoisotopic (exact) mass is 448 g/mol. The smallest absolute Gasteiger partial charge is 0.223 e. The molecule has 0 saturated heterocycles. The highest BCUT2D eigenvalue weighted by Gasteiger charge is 2.40. The van der Waals surface area contributed by atoms with E-state index >= 15 is 0 Å². The van der Waals surface area contributed by atoms with Crippen LogP contribution in [-0.2, 0) is 34.5 Å². The fraction of sp³-hybridized carbons (Fsp3) is 0.444. The van der Waals surface area contributed by atoms with E-state index in [0.29, 0.717) is 19.6 Å². The topological polar surface area (TPSA) is 54.1 Å². The van der Waals surface area contributed by atoms with Gasteiger partial charge in [-0.25, -0.2) is 0 Å². The fourth-order valence-corrected chi connectivity index (χ4v) is 6.05. The number of amides is 1. The van der Waals surface area contributed by atoms with Crippen LogP contribution in [0.5, 0.6) is 0 Å². The molecule has 2 aromatic carbocycles. The first kappa shape index (κ1) is 22.8. The van der Waals surface area contributed by atoms with Crippen molar-refractivity contribution in [1.82, 2.24) is 10.3 Å². The molecule has 0 radical (unpaired) electrons. The maximum Gasteiger partial charge on any atom is 0.223 e. The van der Waals surface area contributed by atoms with Crippen LogP contribution < -0.4 is 10.5 Å². The van der Waals surface area contributed by atoms with E-state index in [2.05, 4.69) is 86.3 Å². The zero-order chi connectivity index (χ0) is 22.9. The molecule has 1 aliphatic heterocycles. The third-order valence-electron chi connectivity index (χ3n) is 6.92. The van der Waals surface area contributed by atoms with Crippen LogP contribution in [-0.4, -0.2) is 25.6 Å². The normalized spacial score (nSPS) is 18.5. The lowest BCUT2D eigenvalue weighted by atomic mass is 9.86. The molecule has 4 nitrogen and oxygen atoms in total. The molecule has 1 aromatic heterocycles. The summed E-state index contributed by atoms with van der Waals surface area (Å²) in [7, 11) is -1.31. The van der Waals surface area contributed by atoms with Crippen LogP contribution >= 0.6 is 0 Å². The molecule has 2 heterocycles. The van der Waals surface area contributed by atoms with Crippen molar-refractivity contribution >= 4 is 30.1 Å². The molecule has 0 spiro atoms. The van der Waals surface area contributed by atoms with Gasteiger partial charge in [0.1, 0.15) is 5.60 Å². The summed E-state index contributed by atoms with van der Waals surface area (Å²) in [6.45, 7) is 12.5. The molecule has 4 rings (SSSR count). The van der Waals surface area contributed by atoms with E-state index in [9.17, 15) is 4.79 Å². The van der Waals surface area contributed by atoms with E-state index in [4.69, 9.17) is 4.74 Å². The lowest BCUT2D eigenvalue weighted by molar-refractivity contribution is -0.133. The van der Waals surface area contributed by atoms with Crippen molar-refractivity contribution in [2.45, 2.75) is 71.3 Å². The number of rotatable bonds is 7. The number of aromatic nitrogens is 1. The van der Waals surface area contributed by atoms with Crippen molar-refractivity contribution in [3.63, 3.8) is 0 Å². The number of para-hydroxylation sites is 1. The van der Waals surface area contributed by atoms with Gasteiger partial charge in [0, 0.05) is 17.4 Å². The fourth-order valence-electron chi connectivity index (χ4n) is 4.89. The molecule has 5 heteroatoms. The van der Waals surface area contributed by atoms with Crippen LogP contribution in [0.15, 0.2) is 42.5 Å². The second-order valence-corrected chi connectivity index (χ2v) is 15.1. The minimum atomic E-state index is -1.31. The summed E-state index contributed by atoms with van der Waals surface area (Å²) >= 11 is 0. The van der Waals surface area contributed by atoms with Gasteiger partial charge in [-0.3, -0.25) is 4.79 Å². The summed E-state index contributed by atoms with van der Waals surface area (Å²) in [6, 6.07) is 15.2. The van der Waals surface area contributed by atoms with Gasteiger partial charge in [0.15, 0.2) is 0 Å². The number of hydrogen-bond acceptors (Lipinski definition) is 2. The predicted molar refractivity (Wildman–Crippen MR) is 135 cm³/mol. The lowest BCUT2D eigenvalue weighted by Crippen LogP contribution is -2.40. The number of ether oxygens (including phenoxy) is 1. The Bertz CT molecular complexity index is 1110. The van der Waals surface area contributed by atoms with Gasteiger partial charge in [-0.05, 0) is 36.0 Å². The number of nitrogens with one attached hydrogen (secondary N) is 2. The van der Waals surface area contributed by atoms with E-state index in [-0.39, 0.29) is 5.91 Å². The molecule has 1 atom stereocenters. The molecule has 0 aliphatic carbocycles. The van der Waals surface area contributed by atoms with E-state index < -0.39 is 13.7 Å². The molecule has 0 bridgehead atoms. The summed E-state index contributed by atoms with van der Waals surface area (Å²) in [4.78, 5) is 16.7. The van der Waals surface area contributed by atoms with Gasteiger partial charge in [0.2, 0.25) is 5.91 Å². The molecular formula is C27H36N2O2Si. The van der Waals surface area contributed by atoms with Gasteiger partial charge in [-0.15, -0.1) is 0 Å². The van der Waals surface area contributed by atoms with Crippen LogP contribution in [0.4, 0.5) is 0 Å². The van der Waals surface area contributed by atoms with Crippen LogP contribution in [0.25, 0.3) is 10.9 Å². The molecule has 3 aromatic rings. The van der Waals surface area contributed by atoms with Crippen LogP contribution in [0, 0.1) is 0 Å². The van der Waals surface area contributed by atoms with Crippen LogP contribution in [0.1, 0.15) is 49.1 Å².